The summed E-state index contributed by atoms with van der Waals surface area (Å²) in [6.07, 6.45) is 11.8. The lowest BCUT2D eigenvalue weighted by Crippen LogP contribution is -2.20. The number of pyridine rings is 2. The predicted octanol–water partition coefficient (Wildman–Crippen LogP) is 1.99. The maximum absolute atomic E-state index is 11.9. The molecule has 3 aromatic heterocycles. The first kappa shape index (κ1) is 14.6. The average molecular weight is 305 g/mol. The van der Waals surface area contributed by atoms with Crippen molar-refractivity contribution in [2.75, 3.05) is 0 Å². The molecule has 0 aliphatic heterocycles. The molecule has 3 rings (SSSR count). The van der Waals surface area contributed by atoms with Gasteiger partial charge in [0.15, 0.2) is 5.82 Å². The van der Waals surface area contributed by atoms with Crippen molar-refractivity contribution >= 4 is 12.0 Å². The van der Waals surface area contributed by atoms with Crippen molar-refractivity contribution in [3.05, 3.63) is 78.5 Å². The Balaban J connectivity index is 1.59. The molecule has 1 amide bonds. The molecule has 1 N–H and O–H groups in total. The van der Waals surface area contributed by atoms with Crippen LogP contribution in [0.25, 0.3) is 11.9 Å². The van der Waals surface area contributed by atoms with Crippen molar-refractivity contribution in [2.45, 2.75) is 6.54 Å². The van der Waals surface area contributed by atoms with E-state index in [1.54, 1.807) is 35.5 Å². The van der Waals surface area contributed by atoms with Gasteiger partial charge in [-0.05, 0) is 41.5 Å². The third kappa shape index (κ3) is 4.10. The molecule has 0 aliphatic rings. The van der Waals surface area contributed by atoms with E-state index < -0.39 is 0 Å². The van der Waals surface area contributed by atoms with Gasteiger partial charge in [-0.25, -0.2) is 9.67 Å². The Labute approximate surface area is 133 Å². The van der Waals surface area contributed by atoms with Gasteiger partial charge < -0.3 is 5.32 Å². The number of carbonyl (C=O) groups is 1. The summed E-state index contributed by atoms with van der Waals surface area (Å²) in [5.74, 6) is 0.555. The molecule has 3 aromatic rings. The standard InChI is InChI=1S/C17H15N5O/c23-17(5-4-14-3-1-7-18-12-14)20-13-15-6-9-19-16(11-15)22-10-2-8-21-22/h1-12H,13H2,(H,20,23). The van der Waals surface area contributed by atoms with Gasteiger partial charge in [0.1, 0.15) is 0 Å². The lowest BCUT2D eigenvalue weighted by atomic mass is 10.2. The quantitative estimate of drug-likeness (QED) is 0.732. The summed E-state index contributed by atoms with van der Waals surface area (Å²) >= 11 is 0. The monoisotopic (exact) mass is 305 g/mol. The Hall–Kier alpha value is -3.28. The fourth-order valence-electron chi connectivity index (χ4n) is 1.99. The number of rotatable bonds is 5. The topological polar surface area (TPSA) is 72.7 Å². The zero-order chi connectivity index (χ0) is 15.9. The molecule has 114 valence electrons. The Kier molecular flexibility index (Phi) is 4.54. The van der Waals surface area contributed by atoms with E-state index in [1.165, 1.54) is 6.08 Å². The Morgan fingerprint density at radius 3 is 2.96 bits per heavy atom. The highest BCUT2D eigenvalue weighted by Crippen LogP contribution is 2.06. The molecule has 0 saturated heterocycles. The molecule has 0 bridgehead atoms. The molecule has 0 saturated carbocycles. The number of hydrogen-bond acceptors (Lipinski definition) is 4. The first-order valence-electron chi connectivity index (χ1n) is 7.12. The van der Waals surface area contributed by atoms with Crippen molar-refractivity contribution in [1.29, 1.82) is 0 Å². The Morgan fingerprint density at radius 1 is 1.22 bits per heavy atom. The van der Waals surface area contributed by atoms with E-state index in [0.29, 0.717) is 12.4 Å². The molecule has 0 radical (unpaired) electrons. The Bertz CT molecular complexity index is 797. The van der Waals surface area contributed by atoms with Crippen LogP contribution < -0.4 is 5.32 Å². The number of nitrogens with zero attached hydrogens (tertiary/aromatic N) is 4. The molecule has 0 unspecified atom stereocenters. The van der Waals surface area contributed by atoms with E-state index in [2.05, 4.69) is 20.4 Å². The van der Waals surface area contributed by atoms with Gasteiger partial charge in [-0.3, -0.25) is 9.78 Å². The summed E-state index contributed by atoms with van der Waals surface area (Å²) in [5.41, 5.74) is 1.83. The Morgan fingerprint density at radius 2 is 2.17 bits per heavy atom. The van der Waals surface area contributed by atoms with Crippen LogP contribution >= 0.6 is 0 Å². The summed E-state index contributed by atoms with van der Waals surface area (Å²) in [6.45, 7) is 0.424. The maximum Gasteiger partial charge on any atom is 0.244 e. The summed E-state index contributed by atoms with van der Waals surface area (Å²) in [7, 11) is 0. The minimum absolute atomic E-state index is 0.161. The predicted molar refractivity (Wildman–Crippen MR) is 86.5 cm³/mol. The molecule has 0 atom stereocenters. The van der Waals surface area contributed by atoms with Crippen LogP contribution in [0.15, 0.2) is 67.4 Å². The number of nitrogens with one attached hydrogen (secondary N) is 1. The fraction of sp³-hybridized carbons (Fsp3) is 0.0588. The second-order valence-corrected chi connectivity index (χ2v) is 4.81. The van der Waals surface area contributed by atoms with E-state index >= 15 is 0 Å². The van der Waals surface area contributed by atoms with Gasteiger partial charge in [0.25, 0.3) is 0 Å². The van der Waals surface area contributed by atoms with Gasteiger partial charge in [0, 0.05) is 43.6 Å². The van der Waals surface area contributed by atoms with Crippen molar-refractivity contribution in [3.8, 4) is 5.82 Å². The summed E-state index contributed by atoms with van der Waals surface area (Å²) in [6, 6.07) is 9.29. The molecule has 0 spiro atoms. The highest BCUT2D eigenvalue weighted by atomic mass is 16.1. The maximum atomic E-state index is 11.9. The minimum atomic E-state index is -0.161. The van der Waals surface area contributed by atoms with Crippen molar-refractivity contribution < 1.29 is 4.79 Å². The first-order valence-corrected chi connectivity index (χ1v) is 7.12. The minimum Gasteiger partial charge on any atom is -0.348 e. The van der Waals surface area contributed by atoms with Gasteiger partial charge in [0.2, 0.25) is 5.91 Å². The van der Waals surface area contributed by atoms with Crippen LogP contribution in [-0.4, -0.2) is 25.7 Å². The van der Waals surface area contributed by atoms with E-state index in [9.17, 15) is 4.79 Å². The van der Waals surface area contributed by atoms with Crippen molar-refractivity contribution in [1.82, 2.24) is 25.1 Å². The second kappa shape index (κ2) is 7.13. The molecule has 6 nitrogen and oxygen atoms in total. The van der Waals surface area contributed by atoms with Crippen LogP contribution in [0.5, 0.6) is 0 Å². The van der Waals surface area contributed by atoms with E-state index in [0.717, 1.165) is 11.1 Å². The summed E-state index contributed by atoms with van der Waals surface area (Å²) in [5, 5.41) is 6.97. The number of carbonyl (C=O) groups excluding carboxylic acids is 1. The van der Waals surface area contributed by atoms with Crippen LogP contribution in [0.1, 0.15) is 11.1 Å². The SMILES string of the molecule is O=C(C=Cc1cccnc1)NCc1ccnc(-n2cccn2)c1. The molecular formula is C17H15N5O. The first-order chi connectivity index (χ1) is 11.3. The normalized spacial score (nSPS) is 10.8. The van der Waals surface area contributed by atoms with E-state index in [1.807, 2.05) is 36.5 Å². The number of amides is 1. The highest BCUT2D eigenvalue weighted by Gasteiger charge is 2.01. The van der Waals surface area contributed by atoms with Crippen LogP contribution in [0.2, 0.25) is 0 Å². The van der Waals surface area contributed by atoms with Crippen LogP contribution in [0, 0.1) is 0 Å². The zero-order valence-electron chi connectivity index (χ0n) is 12.3. The summed E-state index contributed by atoms with van der Waals surface area (Å²) in [4.78, 5) is 20.1. The van der Waals surface area contributed by atoms with Gasteiger partial charge in [-0.15, -0.1) is 0 Å². The van der Waals surface area contributed by atoms with Gasteiger partial charge in [-0.1, -0.05) is 6.07 Å². The van der Waals surface area contributed by atoms with Crippen LogP contribution in [0.4, 0.5) is 0 Å². The number of aromatic nitrogens is 4. The molecule has 3 heterocycles. The second-order valence-electron chi connectivity index (χ2n) is 4.81. The fourth-order valence-corrected chi connectivity index (χ4v) is 1.99. The third-order valence-corrected chi connectivity index (χ3v) is 3.13. The zero-order valence-corrected chi connectivity index (χ0v) is 12.3. The van der Waals surface area contributed by atoms with Gasteiger partial charge in [0.05, 0.1) is 0 Å². The third-order valence-electron chi connectivity index (χ3n) is 3.13. The van der Waals surface area contributed by atoms with E-state index in [4.69, 9.17) is 0 Å². The number of hydrogen-bond donors (Lipinski definition) is 1. The molecule has 23 heavy (non-hydrogen) atoms. The molecule has 0 aromatic carbocycles. The van der Waals surface area contributed by atoms with Gasteiger partial charge in [-0.2, -0.15) is 5.10 Å². The lowest BCUT2D eigenvalue weighted by Gasteiger charge is -2.05. The smallest absolute Gasteiger partial charge is 0.244 e. The van der Waals surface area contributed by atoms with Crippen LogP contribution in [-0.2, 0) is 11.3 Å². The molecular weight excluding hydrogens is 290 g/mol. The lowest BCUT2D eigenvalue weighted by molar-refractivity contribution is -0.116. The average Bonchev–Trinajstić information content (AvgIpc) is 3.14. The molecule has 6 heteroatoms. The van der Waals surface area contributed by atoms with Crippen molar-refractivity contribution in [3.63, 3.8) is 0 Å². The highest BCUT2D eigenvalue weighted by molar-refractivity contribution is 5.91. The van der Waals surface area contributed by atoms with Gasteiger partial charge >= 0.3 is 0 Å². The van der Waals surface area contributed by atoms with Crippen LogP contribution in [0.3, 0.4) is 0 Å². The molecule has 0 fully saturated rings. The largest absolute Gasteiger partial charge is 0.348 e. The van der Waals surface area contributed by atoms with E-state index in [-0.39, 0.29) is 5.91 Å². The molecule has 0 aliphatic carbocycles. The van der Waals surface area contributed by atoms with Crippen molar-refractivity contribution in [2.24, 2.45) is 0 Å². The summed E-state index contributed by atoms with van der Waals surface area (Å²) < 4.78 is 1.67.